The van der Waals surface area contributed by atoms with Gasteiger partial charge in [0.1, 0.15) is 0 Å². The third-order valence-corrected chi connectivity index (χ3v) is 7.04. The van der Waals surface area contributed by atoms with E-state index in [0.29, 0.717) is 5.56 Å². The monoisotopic (exact) mass is 429 g/mol. The Morgan fingerprint density at radius 2 is 1.25 bits per heavy atom. The van der Waals surface area contributed by atoms with Crippen LogP contribution < -0.4 is 0 Å². The molecule has 0 spiro atoms. The molecule has 152 valence electrons. The molecule has 2 aromatic heterocycles. The molecule has 0 aliphatic carbocycles. The van der Waals surface area contributed by atoms with E-state index in [0.717, 1.165) is 22.4 Å². The smallest absolute Gasteiger partial charge is 0.0708 e. The van der Waals surface area contributed by atoms with E-state index >= 15 is 0 Å². The molecule has 32 heavy (non-hydrogen) atoms. The van der Waals surface area contributed by atoms with E-state index in [9.17, 15) is 0 Å². The van der Waals surface area contributed by atoms with E-state index in [4.69, 9.17) is 2.74 Å². The molecule has 0 bridgehead atoms. The van der Waals surface area contributed by atoms with Crippen LogP contribution in [0.2, 0.25) is 0 Å². The van der Waals surface area contributed by atoms with Gasteiger partial charge in [-0.2, -0.15) is 0 Å². The van der Waals surface area contributed by atoms with Gasteiger partial charge in [-0.25, -0.2) is 0 Å². The van der Waals surface area contributed by atoms with Crippen LogP contribution in [-0.2, 0) is 0 Å². The van der Waals surface area contributed by atoms with Crippen molar-refractivity contribution in [1.29, 1.82) is 0 Å². The Labute approximate surface area is 194 Å². The lowest BCUT2D eigenvalue weighted by molar-refractivity contribution is 1.27. The first-order valence-electron chi connectivity index (χ1n) is 11.7. The summed E-state index contributed by atoms with van der Waals surface area (Å²) in [5, 5.41) is 2.47. The maximum absolute atomic E-state index is 7.98. The van der Waals surface area contributed by atoms with Gasteiger partial charge in [-0.1, -0.05) is 72.8 Å². The summed E-state index contributed by atoms with van der Waals surface area (Å²) in [6.07, 6.45) is 1.69. The second-order valence-electron chi connectivity index (χ2n) is 7.91. The fourth-order valence-corrected chi connectivity index (χ4v) is 5.31. The van der Waals surface area contributed by atoms with Crippen LogP contribution in [0, 0.1) is 6.88 Å². The summed E-state index contributed by atoms with van der Waals surface area (Å²) in [7, 11) is 0. The number of aromatic nitrogens is 1. The summed E-state index contributed by atoms with van der Waals surface area (Å²) < 4.78 is 18.5. The summed E-state index contributed by atoms with van der Waals surface area (Å²) in [6.45, 7) is -1.09. The van der Waals surface area contributed by atoms with Gasteiger partial charge in [0.25, 0.3) is 0 Å². The van der Waals surface area contributed by atoms with Gasteiger partial charge in [0.2, 0.25) is 0 Å². The second-order valence-corrected chi connectivity index (χ2v) is 9.00. The first kappa shape index (κ1) is 16.9. The van der Waals surface area contributed by atoms with Crippen LogP contribution in [0.15, 0.2) is 109 Å². The molecule has 0 aliphatic heterocycles. The van der Waals surface area contributed by atoms with Crippen molar-refractivity contribution >= 4 is 31.5 Å². The molecule has 0 saturated carbocycles. The van der Waals surface area contributed by atoms with E-state index in [1.807, 2.05) is 42.5 Å². The number of aryl methyl sites for hydroxylation is 1. The minimum Gasteiger partial charge on any atom is -0.256 e. The Morgan fingerprint density at radius 1 is 0.625 bits per heavy atom. The molecule has 0 amide bonds. The van der Waals surface area contributed by atoms with Gasteiger partial charge in [-0.3, -0.25) is 4.98 Å². The average Bonchev–Trinajstić information content (AvgIpc) is 3.26. The molecule has 0 unspecified atom stereocenters. The number of hydrogen-bond acceptors (Lipinski definition) is 2. The van der Waals surface area contributed by atoms with Crippen LogP contribution >= 0.6 is 11.3 Å². The van der Waals surface area contributed by atoms with E-state index in [1.54, 1.807) is 17.5 Å². The summed E-state index contributed by atoms with van der Waals surface area (Å²) in [5.74, 6) is 0. The summed E-state index contributed by atoms with van der Waals surface area (Å²) >= 11 is 1.81. The zero-order valence-electron chi connectivity index (χ0n) is 19.3. The van der Waals surface area contributed by atoms with E-state index in [-0.39, 0.29) is 0 Å². The van der Waals surface area contributed by atoms with E-state index < -0.39 is 6.88 Å². The molecule has 0 fully saturated rings. The molecule has 0 radical (unpaired) electrons. The van der Waals surface area contributed by atoms with Gasteiger partial charge in [0.05, 0.1) is 5.69 Å². The minimum atomic E-state index is -1.09. The SMILES string of the molecule is [2H]C([2H])c1cnc(-c2ccc3sc4ccc(-c5ccccc5)cc4c3c2)cc1-c1ccccc1. The fraction of sp³-hybridized carbons (Fsp3) is 0.0333. The number of nitrogens with zero attached hydrogens (tertiary/aromatic N) is 1. The standard InChI is InChI=1S/C30H21NS/c1-20-19-31-28(18-25(20)22-10-6-3-7-11-22)24-13-15-30-27(17-24)26-16-23(12-14-29(26)32-30)21-8-4-2-5-9-21/h2-19H,1H3/i1D2. The molecular formula is C30H21NS. The second kappa shape index (κ2) is 7.74. The van der Waals surface area contributed by atoms with Crippen molar-refractivity contribution in [3.63, 3.8) is 0 Å². The Balaban J connectivity index is 1.50. The van der Waals surface area contributed by atoms with Crippen molar-refractivity contribution in [3.8, 4) is 33.5 Å². The lowest BCUT2D eigenvalue weighted by Gasteiger charge is -2.09. The molecule has 0 saturated heterocycles. The van der Waals surface area contributed by atoms with Crippen molar-refractivity contribution in [3.05, 3.63) is 115 Å². The normalized spacial score (nSPS) is 12.3. The minimum absolute atomic E-state index is 0.615. The molecule has 6 rings (SSSR count). The molecule has 6 aromatic rings. The highest BCUT2D eigenvalue weighted by Crippen LogP contribution is 2.38. The van der Waals surface area contributed by atoms with E-state index in [1.165, 1.54) is 31.3 Å². The van der Waals surface area contributed by atoms with Crippen LogP contribution in [-0.4, -0.2) is 4.98 Å². The van der Waals surface area contributed by atoms with Crippen molar-refractivity contribution in [2.45, 2.75) is 6.88 Å². The summed E-state index contributed by atoms with van der Waals surface area (Å²) in [5.41, 5.74) is 6.82. The lowest BCUT2D eigenvalue weighted by atomic mass is 9.98. The molecule has 0 atom stereocenters. The highest BCUT2D eigenvalue weighted by Gasteiger charge is 2.11. The Hall–Kier alpha value is -3.75. The Kier molecular flexibility index (Phi) is 4.08. The van der Waals surface area contributed by atoms with Crippen molar-refractivity contribution < 1.29 is 2.74 Å². The van der Waals surface area contributed by atoms with Gasteiger partial charge < -0.3 is 0 Å². The first-order valence-corrected chi connectivity index (χ1v) is 11.4. The third kappa shape index (κ3) is 3.30. The topological polar surface area (TPSA) is 12.9 Å². The van der Waals surface area contributed by atoms with Crippen molar-refractivity contribution in [1.82, 2.24) is 4.98 Å². The van der Waals surface area contributed by atoms with Gasteiger partial charge >= 0.3 is 0 Å². The number of pyridine rings is 1. The number of benzene rings is 4. The maximum Gasteiger partial charge on any atom is 0.0708 e. The van der Waals surface area contributed by atoms with E-state index in [2.05, 4.69) is 65.6 Å². The predicted molar refractivity (Wildman–Crippen MR) is 138 cm³/mol. The molecular weight excluding hydrogens is 406 g/mol. The predicted octanol–water partition coefficient (Wildman–Crippen LogP) is 8.76. The first-order chi connectivity index (χ1) is 16.7. The van der Waals surface area contributed by atoms with Gasteiger partial charge in [0.15, 0.2) is 0 Å². The van der Waals surface area contributed by atoms with Crippen molar-refractivity contribution in [2.24, 2.45) is 0 Å². The van der Waals surface area contributed by atoms with Crippen LogP contribution in [0.25, 0.3) is 53.7 Å². The lowest BCUT2D eigenvalue weighted by Crippen LogP contribution is -1.89. The Bertz CT molecular complexity index is 1620. The molecule has 0 N–H and O–H groups in total. The quantitative estimate of drug-likeness (QED) is 0.274. The van der Waals surface area contributed by atoms with Crippen molar-refractivity contribution in [2.75, 3.05) is 0 Å². The van der Waals surface area contributed by atoms with Crippen LogP contribution in [0.3, 0.4) is 0 Å². The highest BCUT2D eigenvalue weighted by molar-refractivity contribution is 7.25. The van der Waals surface area contributed by atoms with Crippen LogP contribution in [0.1, 0.15) is 8.30 Å². The zero-order chi connectivity index (χ0) is 23.1. The van der Waals surface area contributed by atoms with Crippen LogP contribution in [0.5, 0.6) is 0 Å². The highest BCUT2D eigenvalue weighted by atomic mass is 32.1. The number of fused-ring (bicyclic) bond motifs is 3. The maximum atomic E-state index is 7.98. The summed E-state index contributed by atoms with van der Waals surface area (Å²) in [4.78, 5) is 4.66. The third-order valence-electron chi connectivity index (χ3n) is 5.89. The summed E-state index contributed by atoms with van der Waals surface area (Å²) in [6, 6.07) is 35.7. The van der Waals surface area contributed by atoms with Crippen LogP contribution in [0.4, 0.5) is 0 Å². The largest absolute Gasteiger partial charge is 0.256 e. The van der Waals surface area contributed by atoms with Gasteiger partial charge in [0, 0.05) is 34.7 Å². The molecule has 0 aliphatic rings. The fourth-order valence-electron chi connectivity index (χ4n) is 4.24. The Morgan fingerprint density at radius 3 is 1.94 bits per heavy atom. The molecule has 2 heteroatoms. The zero-order valence-corrected chi connectivity index (χ0v) is 18.1. The molecule has 4 aromatic carbocycles. The molecule has 2 heterocycles. The van der Waals surface area contributed by atoms with Gasteiger partial charge in [-0.05, 0) is 65.0 Å². The number of rotatable bonds is 3. The number of hydrogen-bond donors (Lipinski definition) is 0. The van der Waals surface area contributed by atoms with Gasteiger partial charge in [-0.15, -0.1) is 11.3 Å². The molecule has 1 nitrogen and oxygen atoms in total. The average molecular weight is 430 g/mol. The number of thiophene rings is 1.